The van der Waals surface area contributed by atoms with Gasteiger partial charge in [0.1, 0.15) is 10.5 Å². The van der Waals surface area contributed by atoms with Crippen molar-refractivity contribution in [3.8, 4) is 55.9 Å². The Morgan fingerprint density at radius 3 is 1.57 bits per heavy atom. The maximum Gasteiger partial charge on any atom is 0.147 e. The summed E-state index contributed by atoms with van der Waals surface area (Å²) in [5.41, 5.74) is 14.4. The van der Waals surface area contributed by atoms with Gasteiger partial charge >= 0.3 is 0 Å². The van der Waals surface area contributed by atoms with Gasteiger partial charge in [-0.25, -0.2) is 9.97 Å². The summed E-state index contributed by atoms with van der Waals surface area (Å²) in [7, 11) is 0. The van der Waals surface area contributed by atoms with Crippen LogP contribution in [-0.4, -0.2) is 14.4 Å². The molecule has 54 heavy (non-hydrogen) atoms. The maximum atomic E-state index is 5.10. The molecular formula is C50H31N3S. The minimum Gasteiger partial charge on any atom is -0.283 e. The molecule has 7 aromatic carbocycles. The number of aromatic nitrogens is 3. The zero-order valence-corrected chi connectivity index (χ0v) is 30.0. The van der Waals surface area contributed by atoms with E-state index in [0.29, 0.717) is 0 Å². The van der Waals surface area contributed by atoms with Crippen molar-refractivity contribution in [3.05, 3.63) is 188 Å². The summed E-state index contributed by atoms with van der Waals surface area (Å²) in [5.74, 6) is 0. The normalized spacial score (nSPS) is 11.7. The van der Waals surface area contributed by atoms with Crippen LogP contribution >= 0.6 is 11.3 Å². The third-order valence-electron chi connectivity index (χ3n) is 10.6. The maximum absolute atomic E-state index is 5.10. The van der Waals surface area contributed by atoms with E-state index in [1.165, 1.54) is 53.3 Å². The van der Waals surface area contributed by atoms with Crippen LogP contribution < -0.4 is 0 Å². The molecule has 0 amide bonds. The van der Waals surface area contributed by atoms with E-state index in [-0.39, 0.29) is 0 Å². The van der Waals surface area contributed by atoms with Gasteiger partial charge in [-0.1, -0.05) is 140 Å². The molecule has 0 radical (unpaired) electrons. The Kier molecular flexibility index (Phi) is 7.04. The third-order valence-corrected chi connectivity index (χ3v) is 11.7. The highest BCUT2D eigenvalue weighted by Crippen LogP contribution is 2.43. The number of hydrogen-bond donors (Lipinski definition) is 0. The van der Waals surface area contributed by atoms with Crippen molar-refractivity contribution in [2.45, 2.75) is 0 Å². The topological polar surface area (TPSA) is 30.2 Å². The molecule has 0 fully saturated rings. The molecule has 4 heterocycles. The van der Waals surface area contributed by atoms with E-state index in [9.17, 15) is 0 Å². The predicted octanol–water partition coefficient (Wildman–Crippen LogP) is 13.7. The summed E-state index contributed by atoms with van der Waals surface area (Å²) in [6.07, 6.45) is 0. The lowest BCUT2D eigenvalue weighted by molar-refractivity contribution is 1.32. The number of hydrogen-bond acceptors (Lipinski definition) is 3. The number of pyridine rings is 2. The highest BCUT2D eigenvalue weighted by Gasteiger charge is 2.18. The van der Waals surface area contributed by atoms with Gasteiger partial charge in [-0.2, -0.15) is 0 Å². The van der Waals surface area contributed by atoms with Crippen LogP contribution in [0.1, 0.15) is 0 Å². The molecule has 4 heteroatoms. The predicted molar refractivity (Wildman–Crippen MR) is 228 cm³/mol. The van der Waals surface area contributed by atoms with Crippen molar-refractivity contribution >= 4 is 59.1 Å². The number of rotatable bonds is 5. The van der Waals surface area contributed by atoms with Crippen LogP contribution in [-0.2, 0) is 0 Å². The van der Waals surface area contributed by atoms with Crippen LogP contribution in [0.2, 0.25) is 0 Å². The lowest BCUT2D eigenvalue weighted by Crippen LogP contribution is -1.91. The van der Waals surface area contributed by atoms with E-state index < -0.39 is 0 Å². The van der Waals surface area contributed by atoms with Crippen LogP contribution in [0.15, 0.2) is 188 Å². The van der Waals surface area contributed by atoms with E-state index in [1.807, 2.05) is 23.5 Å². The largest absolute Gasteiger partial charge is 0.283 e. The van der Waals surface area contributed by atoms with E-state index >= 15 is 0 Å². The summed E-state index contributed by atoms with van der Waals surface area (Å²) in [4.78, 5) is 11.4. The van der Waals surface area contributed by atoms with Gasteiger partial charge in [0.2, 0.25) is 0 Å². The first kappa shape index (κ1) is 30.7. The first-order valence-electron chi connectivity index (χ1n) is 18.2. The molecule has 0 saturated heterocycles. The lowest BCUT2D eigenvalue weighted by atomic mass is 9.94. The second-order valence-corrected chi connectivity index (χ2v) is 14.8. The first-order valence-corrected chi connectivity index (χ1v) is 19.1. The number of thiophene rings is 1. The molecular weight excluding hydrogens is 675 g/mol. The monoisotopic (exact) mass is 705 g/mol. The smallest absolute Gasteiger partial charge is 0.147 e. The average molecular weight is 706 g/mol. The fourth-order valence-corrected chi connectivity index (χ4v) is 9.17. The van der Waals surface area contributed by atoms with Gasteiger partial charge in [0.05, 0.1) is 22.4 Å². The second-order valence-electron chi connectivity index (χ2n) is 13.8. The third kappa shape index (κ3) is 5.03. The molecule has 252 valence electrons. The SMILES string of the molecule is c1ccc(-c2cc(-c3cccc(-c4cccc(-c5ccc6sc7c(c6c5)c5ccccc5c5nc6ccccc6n57)c4)c3)cc(-c3ccccc3)n2)cc1. The zero-order valence-electron chi connectivity index (χ0n) is 29.1. The number of para-hydroxylation sites is 2. The summed E-state index contributed by atoms with van der Waals surface area (Å²) in [6, 6.07) is 67.2. The molecule has 11 aromatic rings. The van der Waals surface area contributed by atoms with Crippen molar-refractivity contribution in [2.75, 3.05) is 0 Å². The first-order chi connectivity index (χ1) is 26.7. The molecule has 0 N–H and O–H groups in total. The molecule has 0 aliphatic heterocycles. The van der Waals surface area contributed by atoms with Crippen molar-refractivity contribution in [3.63, 3.8) is 0 Å². The Morgan fingerprint density at radius 1 is 0.370 bits per heavy atom. The summed E-state index contributed by atoms with van der Waals surface area (Å²) in [6.45, 7) is 0. The zero-order chi connectivity index (χ0) is 35.6. The molecule has 11 rings (SSSR count). The van der Waals surface area contributed by atoms with Gasteiger partial charge in [-0.05, 0) is 87.3 Å². The highest BCUT2D eigenvalue weighted by molar-refractivity contribution is 7.25. The highest BCUT2D eigenvalue weighted by atomic mass is 32.1. The summed E-state index contributed by atoms with van der Waals surface area (Å²) < 4.78 is 3.63. The van der Waals surface area contributed by atoms with Crippen LogP contribution in [0.25, 0.3) is 104 Å². The van der Waals surface area contributed by atoms with Crippen LogP contribution in [0.4, 0.5) is 0 Å². The minimum atomic E-state index is 0.963. The molecule has 0 aliphatic rings. The van der Waals surface area contributed by atoms with E-state index in [1.54, 1.807) is 0 Å². The number of imidazole rings is 1. The molecule has 4 aromatic heterocycles. The van der Waals surface area contributed by atoms with Gasteiger partial charge in [0.15, 0.2) is 0 Å². The van der Waals surface area contributed by atoms with Crippen molar-refractivity contribution in [1.29, 1.82) is 0 Å². The molecule has 0 bridgehead atoms. The van der Waals surface area contributed by atoms with Gasteiger partial charge in [-0.15, -0.1) is 11.3 Å². The van der Waals surface area contributed by atoms with Crippen LogP contribution in [0.3, 0.4) is 0 Å². The molecule has 0 spiro atoms. The molecule has 0 saturated carbocycles. The molecule has 0 unspecified atom stereocenters. The van der Waals surface area contributed by atoms with Gasteiger partial charge in [0, 0.05) is 32.0 Å². The standard InChI is InChI=1S/C50H31N3S/c1-3-13-32(14-4-1)44-30-39(31-45(51-44)33-15-5-2-6-16-33)37-20-12-18-35(28-37)34-17-11-19-36(27-34)38-25-26-47-42(29-38)48-40-21-7-8-22-41(40)49-52-43-23-9-10-24-46(43)53(49)50(48)54-47/h1-31H. The number of nitrogens with zero attached hydrogens (tertiary/aromatic N) is 3. The fraction of sp³-hybridized carbons (Fsp3) is 0. The van der Waals surface area contributed by atoms with Gasteiger partial charge in [0.25, 0.3) is 0 Å². The number of benzene rings is 7. The quantitative estimate of drug-likeness (QED) is 0.178. The summed E-state index contributed by atoms with van der Waals surface area (Å²) in [5, 5.41) is 4.98. The Morgan fingerprint density at radius 2 is 0.907 bits per heavy atom. The molecule has 0 atom stereocenters. The number of fused-ring (bicyclic) bond motifs is 10. The Hall–Kier alpha value is -6.88. The van der Waals surface area contributed by atoms with Gasteiger partial charge in [-0.3, -0.25) is 4.40 Å². The minimum absolute atomic E-state index is 0.963. The van der Waals surface area contributed by atoms with Crippen molar-refractivity contribution in [2.24, 2.45) is 0 Å². The fourth-order valence-electron chi connectivity index (χ4n) is 7.96. The van der Waals surface area contributed by atoms with Crippen molar-refractivity contribution < 1.29 is 0 Å². The van der Waals surface area contributed by atoms with E-state index in [2.05, 4.69) is 180 Å². The van der Waals surface area contributed by atoms with Gasteiger partial charge < -0.3 is 0 Å². The van der Waals surface area contributed by atoms with E-state index in [4.69, 9.17) is 9.97 Å². The Balaban J connectivity index is 1.03. The molecule has 0 aliphatic carbocycles. The van der Waals surface area contributed by atoms with E-state index in [0.717, 1.165) is 50.3 Å². The Bertz CT molecular complexity index is 3150. The average Bonchev–Trinajstić information content (AvgIpc) is 3.83. The summed E-state index contributed by atoms with van der Waals surface area (Å²) >= 11 is 1.85. The van der Waals surface area contributed by atoms with Crippen molar-refractivity contribution in [1.82, 2.24) is 14.4 Å². The Labute approximate surface area is 316 Å². The van der Waals surface area contributed by atoms with Crippen LogP contribution in [0, 0.1) is 0 Å². The van der Waals surface area contributed by atoms with Crippen LogP contribution in [0.5, 0.6) is 0 Å². The second kappa shape index (κ2) is 12.4. The molecule has 3 nitrogen and oxygen atoms in total. The lowest BCUT2D eigenvalue weighted by Gasteiger charge is -2.12.